The molecule has 3 aromatic carbocycles. The second-order valence-corrected chi connectivity index (χ2v) is 12.6. The molecule has 1 aliphatic carbocycles. The van der Waals surface area contributed by atoms with Gasteiger partial charge in [0.05, 0.1) is 15.1 Å². The number of amides is 1. The first kappa shape index (κ1) is 28.4. The molecule has 4 aromatic rings. The summed E-state index contributed by atoms with van der Waals surface area (Å²) in [5.41, 5.74) is 3.18. The van der Waals surface area contributed by atoms with Gasteiger partial charge in [-0.3, -0.25) is 4.79 Å². The van der Waals surface area contributed by atoms with E-state index in [4.69, 9.17) is 23.4 Å². The summed E-state index contributed by atoms with van der Waals surface area (Å²) in [6, 6.07) is 18.7. The molecule has 1 amide bonds. The van der Waals surface area contributed by atoms with Gasteiger partial charge in [-0.15, -0.1) is 23.1 Å². The molecule has 1 aromatic heterocycles. The van der Waals surface area contributed by atoms with Crippen LogP contribution in [-0.4, -0.2) is 40.6 Å². The first-order valence-corrected chi connectivity index (χ1v) is 15.5. The van der Waals surface area contributed by atoms with Crippen LogP contribution in [-0.2, 0) is 6.54 Å². The maximum atomic E-state index is 14.6. The van der Waals surface area contributed by atoms with Crippen molar-refractivity contribution in [3.05, 3.63) is 87.8 Å². The van der Waals surface area contributed by atoms with Crippen molar-refractivity contribution < 1.29 is 13.6 Å². The third-order valence-corrected chi connectivity index (χ3v) is 10.2. The van der Waals surface area contributed by atoms with Gasteiger partial charge in [-0.2, -0.15) is 0 Å². The zero-order chi connectivity index (χ0) is 27.7. The topological polar surface area (TPSA) is 23.6 Å². The van der Waals surface area contributed by atoms with Crippen LogP contribution in [0.15, 0.2) is 65.6 Å². The van der Waals surface area contributed by atoms with Crippen molar-refractivity contribution in [2.24, 2.45) is 0 Å². The molecule has 0 saturated heterocycles. The smallest absolute Gasteiger partial charge is 0.266 e. The zero-order valence-corrected chi connectivity index (χ0v) is 24.7. The summed E-state index contributed by atoms with van der Waals surface area (Å²) in [5.74, 6) is -1.53. The van der Waals surface area contributed by atoms with Crippen LogP contribution in [0.4, 0.5) is 8.78 Å². The standard InChI is InChI=1S/C30H28Cl2F2N2OS2/c1-35(32)20-10-12-21(13-11-20)36(30(37)29-27(31)26-23(33)14-15-24(34)28(26)39-29)17-18-6-5-7-19(16-18)22-8-3-4-9-25(22)38-2/h3-9,14-16,20-21H,10-13,17H2,1-2H3. The van der Waals surface area contributed by atoms with Crippen molar-refractivity contribution in [2.75, 3.05) is 13.3 Å². The summed E-state index contributed by atoms with van der Waals surface area (Å²) < 4.78 is 30.9. The van der Waals surface area contributed by atoms with E-state index in [9.17, 15) is 13.6 Å². The maximum Gasteiger partial charge on any atom is 0.266 e. The molecule has 1 saturated carbocycles. The fourth-order valence-electron chi connectivity index (χ4n) is 5.38. The average Bonchev–Trinajstić information content (AvgIpc) is 3.32. The maximum absolute atomic E-state index is 14.6. The molecular weight excluding hydrogens is 577 g/mol. The summed E-state index contributed by atoms with van der Waals surface area (Å²) in [6.07, 6.45) is 5.29. The third kappa shape index (κ3) is 5.84. The number of rotatable bonds is 7. The Morgan fingerprint density at radius 2 is 1.69 bits per heavy atom. The van der Waals surface area contributed by atoms with Crippen LogP contribution in [0.3, 0.4) is 0 Å². The number of thiophene rings is 1. The van der Waals surface area contributed by atoms with E-state index in [-0.39, 0.29) is 38.0 Å². The van der Waals surface area contributed by atoms with Crippen molar-refractivity contribution in [2.45, 2.75) is 49.2 Å². The molecule has 0 unspecified atom stereocenters. The number of hydrogen-bond donors (Lipinski definition) is 0. The molecule has 1 fully saturated rings. The van der Waals surface area contributed by atoms with Gasteiger partial charge in [0.15, 0.2) is 0 Å². The molecule has 0 spiro atoms. The van der Waals surface area contributed by atoms with Crippen molar-refractivity contribution in [3.8, 4) is 11.1 Å². The normalized spacial score (nSPS) is 17.6. The quantitative estimate of drug-likeness (QED) is 0.155. The van der Waals surface area contributed by atoms with Crippen molar-refractivity contribution in [1.29, 1.82) is 0 Å². The Hall–Kier alpha value is -2.16. The second-order valence-electron chi connectivity index (χ2n) is 9.80. The highest BCUT2D eigenvalue weighted by Gasteiger charge is 2.33. The molecule has 204 valence electrons. The van der Waals surface area contributed by atoms with Crippen molar-refractivity contribution >= 4 is 62.5 Å². The molecular formula is C30H28Cl2F2N2OS2. The molecule has 3 nitrogen and oxygen atoms in total. The van der Waals surface area contributed by atoms with E-state index in [0.717, 1.165) is 65.8 Å². The minimum atomic E-state index is -0.635. The van der Waals surface area contributed by atoms with Crippen LogP contribution in [0.2, 0.25) is 5.02 Å². The molecule has 0 atom stereocenters. The van der Waals surface area contributed by atoms with Crippen LogP contribution < -0.4 is 0 Å². The van der Waals surface area contributed by atoms with Crippen LogP contribution in [0.5, 0.6) is 0 Å². The Morgan fingerprint density at radius 1 is 1.00 bits per heavy atom. The minimum absolute atomic E-state index is 0.0289. The monoisotopic (exact) mass is 604 g/mol. The summed E-state index contributed by atoms with van der Waals surface area (Å²) in [5, 5.41) is -0.0630. The van der Waals surface area contributed by atoms with Gasteiger partial charge in [0.25, 0.3) is 5.91 Å². The molecule has 1 aliphatic rings. The van der Waals surface area contributed by atoms with Crippen LogP contribution in [0.25, 0.3) is 21.2 Å². The summed E-state index contributed by atoms with van der Waals surface area (Å²) >= 11 is 15.4. The second kappa shape index (κ2) is 12.1. The van der Waals surface area contributed by atoms with E-state index in [1.54, 1.807) is 16.2 Å². The van der Waals surface area contributed by atoms with E-state index in [1.807, 2.05) is 36.2 Å². The molecule has 0 aliphatic heterocycles. The summed E-state index contributed by atoms with van der Waals surface area (Å²) in [4.78, 5) is 17.3. The number of benzene rings is 3. The molecule has 5 rings (SSSR count). The first-order valence-electron chi connectivity index (χ1n) is 12.8. The Bertz CT molecular complexity index is 1500. The molecule has 0 radical (unpaired) electrons. The predicted octanol–water partition coefficient (Wildman–Crippen LogP) is 9.26. The lowest BCUT2D eigenvalue weighted by atomic mass is 9.89. The van der Waals surface area contributed by atoms with Gasteiger partial charge in [0, 0.05) is 30.6 Å². The lowest BCUT2D eigenvalue weighted by molar-refractivity contribution is 0.0591. The van der Waals surface area contributed by atoms with Gasteiger partial charge in [-0.1, -0.05) is 48.0 Å². The Balaban J connectivity index is 1.52. The number of carbonyl (C=O) groups excluding carboxylic acids is 1. The van der Waals surface area contributed by atoms with Crippen molar-refractivity contribution in [3.63, 3.8) is 0 Å². The number of halogens is 4. The molecule has 39 heavy (non-hydrogen) atoms. The molecule has 1 heterocycles. The zero-order valence-electron chi connectivity index (χ0n) is 21.6. The number of fused-ring (bicyclic) bond motifs is 1. The fraction of sp³-hybridized carbons (Fsp3) is 0.300. The average molecular weight is 606 g/mol. The molecule has 0 N–H and O–H groups in total. The van der Waals surface area contributed by atoms with Crippen molar-refractivity contribution in [1.82, 2.24) is 9.32 Å². The van der Waals surface area contributed by atoms with E-state index in [2.05, 4.69) is 30.5 Å². The van der Waals surface area contributed by atoms with E-state index < -0.39 is 11.6 Å². The largest absolute Gasteiger partial charge is 0.331 e. The summed E-state index contributed by atoms with van der Waals surface area (Å²) in [6.45, 7) is 0.357. The lowest BCUT2D eigenvalue weighted by Crippen LogP contribution is -2.44. The first-order chi connectivity index (χ1) is 18.8. The van der Waals surface area contributed by atoms with Gasteiger partial charge in [-0.25, -0.2) is 13.2 Å². The third-order valence-electron chi connectivity index (χ3n) is 7.44. The van der Waals surface area contributed by atoms with Gasteiger partial charge >= 0.3 is 0 Å². The van der Waals surface area contributed by atoms with Gasteiger partial charge in [0.2, 0.25) is 0 Å². The van der Waals surface area contributed by atoms with Gasteiger partial charge in [0.1, 0.15) is 16.5 Å². The SMILES string of the molecule is CSc1ccccc1-c1cccc(CN(C(=O)c2sc3c(F)ccc(F)c3c2Cl)C2CCC(N(C)Cl)CC2)c1. The number of hydrogen-bond acceptors (Lipinski definition) is 4. The van der Waals surface area contributed by atoms with Gasteiger partial charge in [-0.05, 0) is 84.7 Å². The minimum Gasteiger partial charge on any atom is -0.331 e. The Labute approximate surface area is 245 Å². The van der Waals surface area contributed by atoms with E-state index in [1.165, 1.54) is 4.90 Å². The Kier molecular flexibility index (Phi) is 8.84. The van der Waals surface area contributed by atoms with E-state index >= 15 is 0 Å². The van der Waals surface area contributed by atoms with E-state index in [0.29, 0.717) is 6.54 Å². The molecule has 9 heteroatoms. The lowest BCUT2D eigenvalue weighted by Gasteiger charge is -2.38. The van der Waals surface area contributed by atoms with Crippen LogP contribution >= 0.6 is 46.5 Å². The number of thioether (sulfide) groups is 1. The number of nitrogens with zero attached hydrogens (tertiary/aromatic N) is 2. The van der Waals surface area contributed by atoms with Crippen LogP contribution in [0.1, 0.15) is 40.9 Å². The highest BCUT2D eigenvalue weighted by molar-refractivity contribution is 7.98. The Morgan fingerprint density at radius 3 is 2.38 bits per heavy atom. The van der Waals surface area contributed by atoms with Crippen LogP contribution in [0, 0.1) is 11.6 Å². The number of carbonyl (C=O) groups is 1. The predicted molar refractivity (Wildman–Crippen MR) is 160 cm³/mol. The highest BCUT2D eigenvalue weighted by atomic mass is 35.5. The molecule has 0 bridgehead atoms. The fourth-order valence-corrected chi connectivity index (χ4v) is 7.70. The summed E-state index contributed by atoms with van der Waals surface area (Å²) in [7, 11) is 1.85. The van der Waals surface area contributed by atoms with Gasteiger partial charge < -0.3 is 4.90 Å². The highest BCUT2D eigenvalue weighted by Crippen LogP contribution is 2.40.